The van der Waals surface area contributed by atoms with Crippen LogP contribution in [0.15, 0.2) is 49.0 Å². The second-order valence-electron chi connectivity index (χ2n) is 7.40. The van der Waals surface area contributed by atoms with Gasteiger partial charge in [0, 0.05) is 47.1 Å². The summed E-state index contributed by atoms with van der Waals surface area (Å²) in [6.07, 6.45) is 1.06. The number of rotatable bonds is 3. The molecule has 0 aliphatic carbocycles. The fourth-order valence-electron chi connectivity index (χ4n) is 3.99. The van der Waals surface area contributed by atoms with Crippen LogP contribution in [0.2, 0.25) is 0 Å². The summed E-state index contributed by atoms with van der Waals surface area (Å²) in [5.74, 6) is 0.527. The van der Waals surface area contributed by atoms with Gasteiger partial charge in [0.15, 0.2) is 0 Å². The summed E-state index contributed by atoms with van der Waals surface area (Å²) in [7, 11) is 2.16. The molecule has 128 valence electrons. The molecular weight excluding hydrogens is 304 g/mol. The monoisotopic (exact) mass is 330 g/mol. The van der Waals surface area contributed by atoms with Gasteiger partial charge in [0.25, 0.3) is 0 Å². The molecule has 1 aliphatic rings. The first-order chi connectivity index (χ1) is 12.0. The second-order valence-corrected chi connectivity index (χ2v) is 7.40. The fraction of sp³-hybridized carbons (Fsp3) is 0.304. The molecule has 1 aliphatic heterocycles. The van der Waals surface area contributed by atoms with Gasteiger partial charge in [0.2, 0.25) is 0 Å². The summed E-state index contributed by atoms with van der Waals surface area (Å²) in [5, 5.41) is 1.31. The van der Waals surface area contributed by atoms with Crippen molar-refractivity contribution in [2.45, 2.75) is 39.7 Å². The van der Waals surface area contributed by atoms with E-state index in [4.69, 9.17) is 0 Å². The zero-order valence-corrected chi connectivity index (χ0v) is 15.6. The third-order valence-electron chi connectivity index (χ3n) is 5.51. The van der Waals surface area contributed by atoms with Gasteiger partial charge in [-0.25, -0.2) is 0 Å². The predicted octanol–water partition coefficient (Wildman–Crippen LogP) is 5.86. The first kappa shape index (κ1) is 16.0. The van der Waals surface area contributed by atoms with E-state index in [9.17, 15) is 0 Å². The maximum absolute atomic E-state index is 4.38. The molecule has 0 saturated carbocycles. The molecule has 0 unspecified atom stereocenters. The Labute approximate surface area is 150 Å². The topological polar surface area (TPSA) is 8.17 Å². The lowest BCUT2D eigenvalue weighted by atomic mass is 10.0. The zero-order valence-electron chi connectivity index (χ0n) is 15.6. The number of aromatic nitrogens is 1. The molecule has 2 heterocycles. The molecule has 0 N–H and O–H groups in total. The molecule has 2 nitrogen and oxygen atoms in total. The smallest absolute Gasteiger partial charge is 0.0488 e. The lowest BCUT2D eigenvalue weighted by molar-refractivity contribution is 0.755. The molecule has 0 bridgehead atoms. The summed E-state index contributed by atoms with van der Waals surface area (Å²) in [5.41, 5.74) is 9.07. The van der Waals surface area contributed by atoms with E-state index in [0.29, 0.717) is 5.92 Å². The summed E-state index contributed by atoms with van der Waals surface area (Å²) in [6, 6.07) is 15.9. The number of hydrogen-bond donors (Lipinski definition) is 0. The highest BCUT2D eigenvalue weighted by Crippen LogP contribution is 2.38. The predicted molar refractivity (Wildman–Crippen MR) is 108 cm³/mol. The molecule has 2 heteroatoms. The van der Waals surface area contributed by atoms with Crippen molar-refractivity contribution >= 4 is 22.3 Å². The molecule has 0 spiro atoms. The van der Waals surface area contributed by atoms with Gasteiger partial charge in [0.1, 0.15) is 0 Å². The Morgan fingerprint density at radius 2 is 1.88 bits per heavy atom. The van der Waals surface area contributed by atoms with E-state index >= 15 is 0 Å². The van der Waals surface area contributed by atoms with Crippen molar-refractivity contribution in [3.05, 3.63) is 71.4 Å². The van der Waals surface area contributed by atoms with Gasteiger partial charge in [-0.1, -0.05) is 39.5 Å². The van der Waals surface area contributed by atoms with Crippen molar-refractivity contribution in [1.82, 2.24) is 4.57 Å². The molecule has 0 atom stereocenters. The van der Waals surface area contributed by atoms with Gasteiger partial charge in [-0.15, -0.1) is 0 Å². The Hall–Kier alpha value is -2.48. The van der Waals surface area contributed by atoms with Crippen LogP contribution in [0.4, 0.5) is 5.69 Å². The molecule has 0 amide bonds. The Kier molecular flexibility index (Phi) is 3.72. The molecule has 4 rings (SSSR count). The number of benzene rings is 2. The number of aryl methyl sites for hydroxylation is 2. The van der Waals surface area contributed by atoms with E-state index in [1.165, 1.54) is 39.0 Å². The lowest BCUT2D eigenvalue weighted by Gasteiger charge is -2.19. The Morgan fingerprint density at radius 1 is 1.08 bits per heavy atom. The van der Waals surface area contributed by atoms with Crippen LogP contribution in [0, 0.1) is 0 Å². The van der Waals surface area contributed by atoms with E-state index in [2.05, 4.69) is 86.3 Å². The van der Waals surface area contributed by atoms with E-state index in [1.54, 1.807) is 0 Å². The summed E-state index contributed by atoms with van der Waals surface area (Å²) < 4.78 is 2.31. The maximum atomic E-state index is 4.38. The molecule has 1 aromatic heterocycles. The van der Waals surface area contributed by atoms with Crippen LogP contribution < -0.4 is 4.90 Å². The molecule has 0 saturated heterocycles. The molecule has 3 aromatic rings. The van der Waals surface area contributed by atoms with Crippen molar-refractivity contribution in [2.75, 3.05) is 4.90 Å². The number of nitrogens with zero attached hydrogens (tertiary/aromatic N) is 2. The highest BCUT2D eigenvalue weighted by Gasteiger charge is 2.24. The maximum Gasteiger partial charge on any atom is 0.0488 e. The van der Waals surface area contributed by atoms with Gasteiger partial charge in [0.05, 0.1) is 0 Å². The van der Waals surface area contributed by atoms with Gasteiger partial charge in [-0.05, 0) is 53.8 Å². The highest BCUT2D eigenvalue weighted by molar-refractivity contribution is 5.90. The second kappa shape index (κ2) is 5.80. The summed E-state index contributed by atoms with van der Waals surface area (Å²) in [4.78, 5) is 2.34. The van der Waals surface area contributed by atoms with Crippen LogP contribution >= 0.6 is 0 Å². The fourth-order valence-corrected chi connectivity index (χ4v) is 3.99. The van der Waals surface area contributed by atoms with Crippen molar-refractivity contribution < 1.29 is 0 Å². The Balaban J connectivity index is 1.74. The van der Waals surface area contributed by atoms with Crippen LogP contribution in [0.3, 0.4) is 0 Å². The standard InChI is InChI=1S/C23H26N2/c1-6-17-7-8-18-14-25(16(4)21(18)11-17)20-9-10-22-19(12-20)13-23(15(2)3)24(22)5/h7-13,15H,4,6,14H2,1-3,5H3. The van der Waals surface area contributed by atoms with Crippen LogP contribution in [-0.2, 0) is 20.0 Å². The molecule has 25 heavy (non-hydrogen) atoms. The van der Waals surface area contributed by atoms with Gasteiger partial charge in [-0.3, -0.25) is 0 Å². The van der Waals surface area contributed by atoms with Crippen LogP contribution in [-0.4, -0.2) is 4.57 Å². The minimum atomic E-state index is 0.527. The SMILES string of the molecule is C=C1c2cc(CC)ccc2CN1c1ccc2c(c1)cc(C(C)C)n2C. The van der Waals surface area contributed by atoms with Crippen molar-refractivity contribution in [2.24, 2.45) is 7.05 Å². The first-order valence-electron chi connectivity index (χ1n) is 9.17. The van der Waals surface area contributed by atoms with Crippen LogP contribution in [0.5, 0.6) is 0 Å². The third kappa shape index (κ3) is 2.48. The largest absolute Gasteiger partial charge is 0.347 e. The minimum Gasteiger partial charge on any atom is -0.347 e. The zero-order chi connectivity index (χ0) is 17.7. The van der Waals surface area contributed by atoms with E-state index in [-0.39, 0.29) is 0 Å². The van der Waals surface area contributed by atoms with Gasteiger partial charge >= 0.3 is 0 Å². The van der Waals surface area contributed by atoms with Gasteiger partial charge in [-0.2, -0.15) is 0 Å². The third-order valence-corrected chi connectivity index (χ3v) is 5.51. The molecule has 0 fully saturated rings. The highest BCUT2D eigenvalue weighted by atomic mass is 15.2. The van der Waals surface area contributed by atoms with Crippen molar-refractivity contribution in [3.8, 4) is 0 Å². The van der Waals surface area contributed by atoms with Crippen LogP contribution in [0.25, 0.3) is 16.6 Å². The first-order valence-corrected chi connectivity index (χ1v) is 9.17. The van der Waals surface area contributed by atoms with E-state index in [1.807, 2.05) is 0 Å². The van der Waals surface area contributed by atoms with E-state index in [0.717, 1.165) is 18.7 Å². The molecule has 2 aromatic carbocycles. The van der Waals surface area contributed by atoms with Crippen molar-refractivity contribution in [1.29, 1.82) is 0 Å². The molecule has 0 radical (unpaired) electrons. The minimum absolute atomic E-state index is 0.527. The normalized spacial score (nSPS) is 14.0. The van der Waals surface area contributed by atoms with Crippen LogP contribution in [0.1, 0.15) is 49.1 Å². The number of fused-ring (bicyclic) bond motifs is 2. The van der Waals surface area contributed by atoms with Gasteiger partial charge < -0.3 is 9.47 Å². The quantitative estimate of drug-likeness (QED) is 0.584. The Morgan fingerprint density at radius 3 is 2.60 bits per heavy atom. The molecular formula is C23H26N2. The lowest BCUT2D eigenvalue weighted by Crippen LogP contribution is -2.12. The van der Waals surface area contributed by atoms with Crippen molar-refractivity contribution in [3.63, 3.8) is 0 Å². The average Bonchev–Trinajstić information content (AvgIpc) is 3.12. The number of hydrogen-bond acceptors (Lipinski definition) is 1. The Bertz CT molecular complexity index is 975. The average molecular weight is 330 g/mol. The summed E-state index contributed by atoms with van der Waals surface area (Å²) >= 11 is 0. The number of anilines is 1. The van der Waals surface area contributed by atoms with E-state index < -0.39 is 0 Å². The summed E-state index contributed by atoms with van der Waals surface area (Å²) in [6.45, 7) is 12.0.